The van der Waals surface area contributed by atoms with Crippen LogP contribution in [0, 0.1) is 17.1 Å². The molecule has 1 N–H and O–H groups in total. The summed E-state index contributed by atoms with van der Waals surface area (Å²) in [5.41, 5.74) is 0.711. The van der Waals surface area contributed by atoms with Crippen molar-refractivity contribution in [1.82, 2.24) is 10.3 Å². The first-order valence-corrected chi connectivity index (χ1v) is 8.53. The lowest BCUT2D eigenvalue weighted by molar-refractivity contribution is 0.238. The monoisotopic (exact) mass is 374 g/mol. The van der Waals surface area contributed by atoms with Gasteiger partial charge in [-0.05, 0) is 31.0 Å². The van der Waals surface area contributed by atoms with Crippen molar-refractivity contribution in [2.24, 2.45) is 0 Å². The lowest BCUT2D eigenvalue weighted by Gasteiger charge is -2.49. The van der Waals surface area contributed by atoms with Gasteiger partial charge < -0.3 is 15.0 Å². The van der Waals surface area contributed by atoms with Gasteiger partial charge in [-0.15, -0.1) is 12.4 Å². The van der Waals surface area contributed by atoms with E-state index in [0.29, 0.717) is 29.1 Å². The van der Waals surface area contributed by atoms with E-state index in [2.05, 4.69) is 15.2 Å². The Morgan fingerprint density at radius 3 is 2.92 bits per heavy atom. The largest absolute Gasteiger partial charge is 0.473 e. The van der Waals surface area contributed by atoms with Gasteiger partial charge in [0, 0.05) is 36.8 Å². The molecule has 0 spiro atoms. The van der Waals surface area contributed by atoms with Crippen molar-refractivity contribution in [3.8, 4) is 11.9 Å². The molecule has 1 saturated carbocycles. The zero-order valence-electron chi connectivity index (χ0n) is 14.2. The Balaban J connectivity index is 0.00000196. The third-order valence-corrected chi connectivity index (χ3v) is 4.96. The van der Waals surface area contributed by atoms with Crippen LogP contribution in [0.1, 0.15) is 24.0 Å². The van der Waals surface area contributed by atoms with Crippen molar-refractivity contribution in [3.05, 3.63) is 53.3 Å². The van der Waals surface area contributed by atoms with Crippen LogP contribution in [0.5, 0.6) is 5.88 Å². The van der Waals surface area contributed by atoms with Gasteiger partial charge in [0.2, 0.25) is 5.88 Å². The van der Waals surface area contributed by atoms with E-state index in [1.165, 1.54) is 18.9 Å². The predicted molar refractivity (Wildman–Crippen MR) is 99.1 cm³/mol. The number of nitrogens with zero attached hydrogens (tertiary/aromatic N) is 3. The smallest absolute Gasteiger partial charge is 0.215 e. The van der Waals surface area contributed by atoms with Gasteiger partial charge in [-0.2, -0.15) is 10.2 Å². The molecule has 1 aliphatic heterocycles. The number of hydrogen-bond donors (Lipinski definition) is 1. The third-order valence-electron chi connectivity index (χ3n) is 4.96. The number of benzene rings is 1. The second kappa shape index (κ2) is 7.90. The first-order chi connectivity index (χ1) is 12.2. The van der Waals surface area contributed by atoms with Gasteiger partial charge in [-0.1, -0.05) is 12.1 Å². The van der Waals surface area contributed by atoms with E-state index in [1.807, 2.05) is 18.2 Å². The van der Waals surface area contributed by atoms with Gasteiger partial charge in [0.05, 0.1) is 11.6 Å². The van der Waals surface area contributed by atoms with Crippen LogP contribution in [0.4, 0.5) is 10.2 Å². The van der Waals surface area contributed by atoms with E-state index < -0.39 is 5.82 Å². The van der Waals surface area contributed by atoms with Crippen LogP contribution < -0.4 is 15.0 Å². The third kappa shape index (κ3) is 3.59. The van der Waals surface area contributed by atoms with Crippen LogP contribution in [0.2, 0.25) is 0 Å². The fourth-order valence-electron chi connectivity index (χ4n) is 3.44. The number of ether oxygens (including phenoxy) is 1. The number of rotatable bonds is 4. The van der Waals surface area contributed by atoms with E-state index in [0.717, 1.165) is 18.9 Å². The van der Waals surface area contributed by atoms with Crippen LogP contribution in [0.15, 0.2) is 36.4 Å². The SMILES string of the molecule is Cl.N#Cc1ccc(COc2cccc(N3CCN[C@H]4CC[C@H]43)n2)c(F)c1. The highest BCUT2D eigenvalue weighted by Crippen LogP contribution is 2.31. The minimum atomic E-state index is -0.436. The maximum atomic E-state index is 13.9. The molecule has 0 radical (unpaired) electrons. The number of halogens is 2. The fourth-order valence-corrected chi connectivity index (χ4v) is 3.44. The van der Waals surface area contributed by atoms with Crippen LogP contribution in [-0.2, 0) is 6.61 Å². The number of pyridine rings is 1. The summed E-state index contributed by atoms with van der Waals surface area (Å²) >= 11 is 0. The first kappa shape index (κ1) is 18.4. The molecule has 2 heterocycles. The highest BCUT2D eigenvalue weighted by Gasteiger charge is 2.38. The summed E-state index contributed by atoms with van der Waals surface area (Å²) in [6.45, 7) is 1.98. The van der Waals surface area contributed by atoms with Crippen molar-refractivity contribution in [3.63, 3.8) is 0 Å². The molecule has 5 nitrogen and oxygen atoms in total. The zero-order valence-corrected chi connectivity index (χ0v) is 15.0. The van der Waals surface area contributed by atoms with Crippen molar-refractivity contribution in [2.45, 2.75) is 31.5 Å². The summed E-state index contributed by atoms with van der Waals surface area (Å²) in [4.78, 5) is 6.93. The molecule has 1 aromatic carbocycles. The standard InChI is InChI=1S/C19H19FN4O.ClH/c20-15-10-13(11-21)4-5-14(15)12-25-19-3-1-2-18(23-19)24-9-8-22-16-6-7-17(16)24;/h1-5,10,16-17,22H,6-9,12H2;1H/t16-,17+;/m0./s1. The van der Waals surface area contributed by atoms with Crippen molar-refractivity contribution in [1.29, 1.82) is 5.26 Å². The Labute approximate surface area is 158 Å². The summed E-state index contributed by atoms with van der Waals surface area (Å²) in [6.07, 6.45) is 2.40. The van der Waals surface area contributed by atoms with E-state index >= 15 is 0 Å². The number of nitriles is 1. The Morgan fingerprint density at radius 2 is 2.19 bits per heavy atom. The van der Waals surface area contributed by atoms with Crippen molar-refractivity contribution < 1.29 is 9.13 Å². The molecule has 1 saturated heterocycles. The molecule has 0 bridgehead atoms. The Hall–Kier alpha value is -2.36. The molecule has 1 aliphatic carbocycles. The molecule has 26 heavy (non-hydrogen) atoms. The predicted octanol–water partition coefficient (Wildman–Crippen LogP) is 3.03. The molecule has 2 aromatic rings. The lowest BCUT2D eigenvalue weighted by atomic mass is 9.83. The molecule has 7 heteroatoms. The van der Waals surface area contributed by atoms with E-state index in [4.69, 9.17) is 10.00 Å². The van der Waals surface area contributed by atoms with Crippen LogP contribution in [0.25, 0.3) is 0 Å². The molecule has 1 aromatic heterocycles. The summed E-state index contributed by atoms with van der Waals surface area (Å²) in [5.74, 6) is 0.958. The van der Waals surface area contributed by atoms with Gasteiger partial charge in [0.1, 0.15) is 18.2 Å². The summed E-state index contributed by atoms with van der Waals surface area (Å²) in [7, 11) is 0. The normalized spacial score (nSPS) is 21.0. The van der Waals surface area contributed by atoms with Crippen LogP contribution in [0.3, 0.4) is 0 Å². The number of hydrogen-bond acceptors (Lipinski definition) is 5. The summed E-state index contributed by atoms with van der Waals surface area (Å²) in [5, 5.41) is 12.3. The minimum Gasteiger partial charge on any atom is -0.473 e. The topological polar surface area (TPSA) is 61.2 Å². The van der Waals surface area contributed by atoms with Crippen molar-refractivity contribution >= 4 is 18.2 Å². The number of aromatic nitrogens is 1. The minimum absolute atomic E-state index is 0. The number of fused-ring (bicyclic) bond motifs is 1. The molecule has 136 valence electrons. The Bertz CT molecular complexity index is 825. The molecule has 4 rings (SSSR count). The fraction of sp³-hybridized carbons (Fsp3) is 0.368. The zero-order chi connectivity index (χ0) is 17.2. The average Bonchev–Trinajstić information content (AvgIpc) is 2.61. The Morgan fingerprint density at radius 1 is 1.31 bits per heavy atom. The molecule has 2 fully saturated rings. The van der Waals surface area contributed by atoms with Crippen molar-refractivity contribution in [2.75, 3.05) is 18.0 Å². The molecule has 2 aliphatic rings. The van der Waals surface area contributed by atoms with Gasteiger partial charge in [0.25, 0.3) is 0 Å². The molecular formula is C19H20ClFN4O. The maximum absolute atomic E-state index is 13.9. The molecular weight excluding hydrogens is 355 g/mol. The van der Waals surface area contributed by atoms with Crippen LogP contribution >= 0.6 is 12.4 Å². The van der Waals surface area contributed by atoms with E-state index in [-0.39, 0.29) is 19.0 Å². The maximum Gasteiger partial charge on any atom is 0.215 e. The van der Waals surface area contributed by atoms with Gasteiger partial charge >= 0.3 is 0 Å². The lowest BCUT2D eigenvalue weighted by Crippen LogP contribution is -2.63. The highest BCUT2D eigenvalue weighted by molar-refractivity contribution is 5.85. The Kier molecular flexibility index (Phi) is 5.60. The number of anilines is 1. The van der Waals surface area contributed by atoms with E-state index in [9.17, 15) is 4.39 Å². The second-order valence-electron chi connectivity index (χ2n) is 6.44. The summed E-state index contributed by atoms with van der Waals surface area (Å²) < 4.78 is 19.6. The average molecular weight is 375 g/mol. The quantitative estimate of drug-likeness (QED) is 0.891. The van der Waals surface area contributed by atoms with Gasteiger partial charge in [-0.3, -0.25) is 0 Å². The summed E-state index contributed by atoms with van der Waals surface area (Å²) in [6, 6.07) is 13.1. The van der Waals surface area contributed by atoms with E-state index in [1.54, 1.807) is 18.2 Å². The van der Waals surface area contributed by atoms with Crippen LogP contribution in [-0.4, -0.2) is 30.2 Å². The molecule has 2 atom stereocenters. The molecule has 0 amide bonds. The first-order valence-electron chi connectivity index (χ1n) is 8.53. The number of nitrogens with one attached hydrogen (secondary N) is 1. The highest BCUT2D eigenvalue weighted by atomic mass is 35.5. The van der Waals surface area contributed by atoms with Gasteiger partial charge in [-0.25, -0.2) is 4.39 Å². The second-order valence-corrected chi connectivity index (χ2v) is 6.44. The number of piperazine rings is 1. The van der Waals surface area contributed by atoms with Gasteiger partial charge in [0.15, 0.2) is 0 Å². The molecule has 0 unspecified atom stereocenters.